The third kappa shape index (κ3) is 35.0. The van der Waals surface area contributed by atoms with E-state index in [-0.39, 0.29) is 89.4 Å². The molecule has 4 heterocycles. The number of benzene rings is 10. The number of aryl methyl sites for hydroxylation is 1. The van der Waals surface area contributed by atoms with Crippen LogP contribution in [-0.2, 0) is 66.0 Å². The van der Waals surface area contributed by atoms with Crippen molar-refractivity contribution in [2.75, 3.05) is 62.7 Å². The molecule has 0 unspecified atom stereocenters. The van der Waals surface area contributed by atoms with Crippen LogP contribution in [0.3, 0.4) is 0 Å². The molecule has 4 aliphatic heterocycles. The van der Waals surface area contributed by atoms with Crippen LogP contribution in [0.15, 0.2) is 176 Å². The Kier molecular flexibility index (Phi) is 39.9. The van der Waals surface area contributed by atoms with Gasteiger partial charge >= 0.3 is 0 Å². The summed E-state index contributed by atoms with van der Waals surface area (Å²) >= 11 is 11.7. The zero-order valence-corrected chi connectivity index (χ0v) is 91.0. The molecule has 0 atom stereocenters. The maximum atomic E-state index is 13.3. The van der Waals surface area contributed by atoms with Crippen molar-refractivity contribution < 1.29 is 76.6 Å². The Bertz CT molecular complexity index is 5210. The normalized spacial score (nSPS) is 13.6. The van der Waals surface area contributed by atoms with Gasteiger partial charge in [-0.25, -0.2) is 4.39 Å². The zero-order valence-electron chi connectivity index (χ0n) is 89.4. The maximum absolute atomic E-state index is 13.3. The second-order valence-corrected chi connectivity index (χ2v) is 46.6. The Morgan fingerprint density at radius 2 is 0.659 bits per heavy atom. The fraction of sp³-hybridized carbons (Fsp3) is 0.487. The highest BCUT2D eigenvalue weighted by Gasteiger charge is 2.35. The van der Waals surface area contributed by atoms with Crippen molar-refractivity contribution in [2.45, 2.75) is 314 Å². The van der Waals surface area contributed by atoms with E-state index in [1.165, 1.54) is 63.2 Å². The summed E-state index contributed by atoms with van der Waals surface area (Å²) in [7, 11) is 9.54. The minimum Gasteiger partial charge on any atom is -0.506 e. The Labute approximate surface area is 821 Å². The van der Waals surface area contributed by atoms with Gasteiger partial charge in [0.2, 0.25) is 18.3 Å². The van der Waals surface area contributed by atoms with E-state index in [0.29, 0.717) is 33.0 Å². The molecule has 0 saturated carbocycles. The van der Waals surface area contributed by atoms with Gasteiger partial charge in [0.1, 0.15) is 28.7 Å². The highest BCUT2D eigenvalue weighted by molar-refractivity contribution is 6.32. The van der Waals surface area contributed by atoms with E-state index in [1.807, 2.05) is 107 Å². The minimum absolute atomic E-state index is 0.0207. The fourth-order valence-electron chi connectivity index (χ4n) is 13.8. The fourth-order valence-corrected chi connectivity index (χ4v) is 14.2. The Morgan fingerprint density at radius 1 is 0.296 bits per heavy atom. The average Bonchev–Trinajstić information content (AvgIpc) is 1.65. The molecular formula is C117H163Cl2FO15. The van der Waals surface area contributed by atoms with E-state index < -0.39 is 5.79 Å². The van der Waals surface area contributed by atoms with E-state index in [1.54, 1.807) is 71.9 Å². The SMILES string of the molecule is CC(C)(C)c1ccc(Cl)c(O)c1.CC(C)(C)c1ccc2c(c1)C(C)(C)CO2.CC(C)(C)c1ccc2c(c1)CCO2.CC1(C)Oc2ccc(C(C)(C)C)cc2O1.COc1cc(C(C)(C)C)cc2c1OCO2.COc1cc(C(C)(C)C)ccc1O.COc1ccc(C(C)(C)C)cc1C.COc1ccc(C(C)(C)C)cc1Cl.COc1ccc(C(C)(C)C)cc1F.COc1ccc(C(C)(C)C)cc1O. The lowest BCUT2D eigenvalue weighted by atomic mass is 9.81. The van der Waals surface area contributed by atoms with Crippen molar-refractivity contribution in [1.82, 2.24) is 0 Å². The first-order valence-electron chi connectivity index (χ1n) is 46.5. The number of hydrogen-bond acceptors (Lipinski definition) is 15. The van der Waals surface area contributed by atoms with Gasteiger partial charge in [0.15, 0.2) is 57.6 Å². The largest absolute Gasteiger partial charge is 0.506 e. The standard InChI is InChI=1S/C14H20O.C13H18O2.C12H16O3.C12H16O.C12H18O.C11H15ClO.C11H15FO.2C11H16O2.C10H13ClO/c1-13(2,3)10-6-7-12-11(8-10)14(4,5)9-15-12;1-12(2,3)9-6-7-10-11(8-9)15-13(4,5)14-10;1-12(2,3)8-5-9(13-4)11-10(6-8)14-7-15-11;1-12(2,3)10-4-5-11-9(8-10)6-7-13-11;1-9-8-10(12(2,3)4)6-7-11(9)13-5;3*1-11(2,3)8-5-6-10(13-4)9(12)7-8;1-11(2,3)8-5-6-9(12)10(7-8)13-4;1-10(2,3)7-4-5-8(11)9(12)6-7/h6-8H,9H2,1-5H3;6-8H,1-5H3;5-6H,7H2,1-4H3;4-5,8H,6-7H2,1-3H3;6-8H,1-5H3;2*5-7H,1-4H3;2*5-7,12H,1-4H3;4-6,12H,1-3H3. The van der Waals surface area contributed by atoms with Crippen LogP contribution in [0.1, 0.15) is 308 Å². The van der Waals surface area contributed by atoms with E-state index in [0.717, 1.165) is 87.9 Å². The van der Waals surface area contributed by atoms with Crippen molar-refractivity contribution in [3.8, 4) is 86.2 Å². The van der Waals surface area contributed by atoms with Gasteiger partial charge in [-0.3, -0.25) is 0 Å². The summed E-state index contributed by atoms with van der Waals surface area (Å²) in [5, 5.41) is 29.3. The molecule has 0 radical (unpaired) electrons. The predicted molar refractivity (Wildman–Crippen MR) is 560 cm³/mol. The quantitative estimate of drug-likeness (QED) is 0.143. The van der Waals surface area contributed by atoms with Gasteiger partial charge in [-0.1, -0.05) is 318 Å². The van der Waals surface area contributed by atoms with Crippen LogP contribution < -0.4 is 56.8 Å². The van der Waals surface area contributed by atoms with Crippen molar-refractivity contribution in [1.29, 1.82) is 0 Å². The molecule has 14 rings (SSSR count). The van der Waals surface area contributed by atoms with Crippen molar-refractivity contribution in [3.05, 3.63) is 264 Å². The summed E-state index contributed by atoms with van der Waals surface area (Å²) in [5.41, 5.74) is 17.4. The van der Waals surface area contributed by atoms with E-state index in [9.17, 15) is 19.7 Å². The number of hydrogen-bond donors (Lipinski definition) is 3. The van der Waals surface area contributed by atoms with Gasteiger partial charge < -0.3 is 72.2 Å². The third-order valence-electron chi connectivity index (χ3n) is 23.0. The third-order valence-corrected chi connectivity index (χ3v) is 23.6. The van der Waals surface area contributed by atoms with Gasteiger partial charge in [-0.15, -0.1) is 0 Å². The average molecular weight is 1900 g/mol. The molecule has 742 valence electrons. The summed E-state index contributed by atoms with van der Waals surface area (Å²) < 4.78 is 76.9. The van der Waals surface area contributed by atoms with Gasteiger partial charge in [-0.2, -0.15) is 0 Å². The Morgan fingerprint density at radius 3 is 1.11 bits per heavy atom. The van der Waals surface area contributed by atoms with E-state index >= 15 is 0 Å². The summed E-state index contributed by atoms with van der Waals surface area (Å²) in [6.07, 6.45) is 1.07. The zero-order chi connectivity index (χ0) is 103. The van der Waals surface area contributed by atoms with Crippen LogP contribution in [-0.4, -0.2) is 83.8 Å². The molecule has 10 aromatic rings. The number of rotatable bonds is 6. The van der Waals surface area contributed by atoms with Crippen LogP contribution in [0.25, 0.3) is 0 Å². The number of halogens is 3. The maximum Gasteiger partial charge on any atom is 0.246 e. The van der Waals surface area contributed by atoms with Crippen LogP contribution in [0.5, 0.6) is 86.2 Å². The summed E-state index contributed by atoms with van der Waals surface area (Å²) in [5.74, 6) is 8.85. The van der Waals surface area contributed by atoms with E-state index in [4.69, 9.17) is 80.0 Å². The molecule has 0 aromatic heterocycles. The van der Waals surface area contributed by atoms with Crippen LogP contribution in [0, 0.1) is 12.7 Å². The van der Waals surface area contributed by atoms with Crippen LogP contribution in [0.4, 0.5) is 4.39 Å². The summed E-state index contributed by atoms with van der Waals surface area (Å²) in [4.78, 5) is 0. The molecule has 0 aliphatic carbocycles. The Hall–Kier alpha value is -10.3. The lowest BCUT2D eigenvalue weighted by Crippen LogP contribution is -2.29. The first-order valence-corrected chi connectivity index (χ1v) is 47.2. The number of aromatic hydroxyl groups is 3. The molecule has 135 heavy (non-hydrogen) atoms. The van der Waals surface area contributed by atoms with Gasteiger partial charge in [0, 0.05) is 31.2 Å². The number of methoxy groups -OCH3 is 6. The molecule has 0 fully saturated rings. The number of fused-ring (bicyclic) bond motifs is 4. The second-order valence-electron chi connectivity index (χ2n) is 45.8. The molecule has 18 heteroatoms. The summed E-state index contributed by atoms with van der Waals surface area (Å²) in [6.45, 7) is 77.1. The van der Waals surface area contributed by atoms with Crippen molar-refractivity contribution in [2.24, 2.45) is 0 Å². The lowest BCUT2D eigenvalue weighted by Gasteiger charge is -2.22. The number of ether oxygens (including phenoxy) is 12. The molecule has 0 amide bonds. The first kappa shape index (κ1) is 115. The van der Waals surface area contributed by atoms with Crippen LogP contribution in [0.2, 0.25) is 10.0 Å². The van der Waals surface area contributed by atoms with Crippen molar-refractivity contribution in [3.63, 3.8) is 0 Å². The van der Waals surface area contributed by atoms with Gasteiger partial charge in [-0.05, 0) is 231 Å². The molecule has 0 bridgehead atoms. The topological polar surface area (TPSA) is 171 Å². The first-order chi connectivity index (χ1) is 61.8. The van der Waals surface area contributed by atoms with E-state index in [2.05, 4.69) is 268 Å². The molecule has 3 N–H and O–H groups in total. The monoisotopic (exact) mass is 1900 g/mol. The van der Waals surface area contributed by atoms with Gasteiger partial charge in [0.25, 0.3) is 0 Å². The highest BCUT2D eigenvalue weighted by atomic mass is 35.5. The molecular weight excluding hydrogens is 1740 g/mol. The molecule has 10 aromatic carbocycles. The van der Waals surface area contributed by atoms with Crippen molar-refractivity contribution >= 4 is 23.2 Å². The predicted octanol–water partition coefficient (Wildman–Crippen LogP) is 31.6. The van der Waals surface area contributed by atoms with Crippen LogP contribution >= 0.6 is 23.2 Å². The molecule has 0 saturated heterocycles. The van der Waals surface area contributed by atoms with Gasteiger partial charge in [0.05, 0.1) is 65.9 Å². The molecule has 4 aliphatic rings. The lowest BCUT2D eigenvalue weighted by molar-refractivity contribution is -0.0432. The second kappa shape index (κ2) is 46.7. The summed E-state index contributed by atoms with van der Waals surface area (Å²) in [6, 6.07) is 57.0. The minimum atomic E-state index is -0.529. The highest BCUT2D eigenvalue weighted by Crippen LogP contribution is 2.47. The Balaban J connectivity index is 0.000000265. The number of phenolic OH excluding ortho intramolecular Hbond substituents is 3. The smallest absolute Gasteiger partial charge is 0.246 e. The number of phenols is 3. The molecule has 0 spiro atoms. The molecule has 15 nitrogen and oxygen atoms in total.